The van der Waals surface area contributed by atoms with Gasteiger partial charge in [0.15, 0.2) is 9.84 Å². The number of thiophene rings is 1. The van der Waals surface area contributed by atoms with Crippen LogP contribution in [0.1, 0.15) is 32.0 Å². The monoisotopic (exact) mass is 518 g/mol. The van der Waals surface area contributed by atoms with Crippen molar-refractivity contribution in [1.82, 2.24) is 9.78 Å². The Bertz CT molecular complexity index is 1480. The van der Waals surface area contributed by atoms with Crippen molar-refractivity contribution in [3.8, 4) is 26.7 Å². The lowest BCUT2D eigenvalue weighted by Crippen LogP contribution is -2.16. The van der Waals surface area contributed by atoms with Crippen LogP contribution in [-0.2, 0) is 21.9 Å². The Hall–Kier alpha value is -2.52. The molecule has 0 aliphatic heterocycles. The molecule has 4 rings (SSSR count). The molecule has 2 heterocycles. The molecule has 2 aromatic heterocycles. The van der Waals surface area contributed by atoms with Crippen LogP contribution in [0.25, 0.3) is 26.7 Å². The highest BCUT2D eigenvalue weighted by molar-refractivity contribution is 7.90. The lowest BCUT2D eigenvalue weighted by Gasteiger charge is -2.13. The van der Waals surface area contributed by atoms with E-state index in [2.05, 4.69) is 5.10 Å². The van der Waals surface area contributed by atoms with Gasteiger partial charge in [0.1, 0.15) is 16.4 Å². The van der Waals surface area contributed by atoms with Crippen molar-refractivity contribution in [2.75, 3.05) is 6.26 Å². The van der Waals surface area contributed by atoms with Gasteiger partial charge in [-0.15, -0.1) is 11.3 Å². The number of benzene rings is 2. The molecular formula is C25H24ClFN2O3S2. The van der Waals surface area contributed by atoms with Gasteiger partial charge in [0.2, 0.25) is 0 Å². The van der Waals surface area contributed by atoms with Crippen LogP contribution in [-0.4, -0.2) is 29.6 Å². The maximum absolute atomic E-state index is 14.3. The number of hydrogen-bond acceptors (Lipinski definition) is 5. The van der Waals surface area contributed by atoms with Crippen LogP contribution in [0.5, 0.6) is 0 Å². The number of aryl methyl sites for hydroxylation is 1. The molecule has 4 aromatic rings. The van der Waals surface area contributed by atoms with Crippen molar-refractivity contribution < 1.29 is 17.9 Å². The van der Waals surface area contributed by atoms with Crippen molar-refractivity contribution in [2.45, 2.75) is 37.7 Å². The number of halogens is 2. The van der Waals surface area contributed by atoms with Gasteiger partial charge in [-0.2, -0.15) is 5.10 Å². The number of rotatable bonds is 6. The Morgan fingerprint density at radius 1 is 1.15 bits per heavy atom. The predicted molar refractivity (Wildman–Crippen MR) is 135 cm³/mol. The largest absolute Gasteiger partial charge is 0.384 e. The van der Waals surface area contributed by atoms with E-state index in [-0.39, 0.29) is 9.92 Å². The third kappa shape index (κ3) is 4.68. The van der Waals surface area contributed by atoms with Crippen LogP contribution in [0, 0.1) is 5.82 Å². The van der Waals surface area contributed by atoms with Crippen molar-refractivity contribution in [2.24, 2.45) is 0 Å². The molecule has 0 atom stereocenters. The third-order valence-electron chi connectivity index (χ3n) is 5.46. The summed E-state index contributed by atoms with van der Waals surface area (Å²) in [6.07, 6.45) is 1.89. The van der Waals surface area contributed by atoms with Crippen LogP contribution >= 0.6 is 22.9 Å². The van der Waals surface area contributed by atoms with Crippen molar-refractivity contribution >= 4 is 32.8 Å². The zero-order valence-electron chi connectivity index (χ0n) is 19.1. The van der Waals surface area contributed by atoms with Gasteiger partial charge < -0.3 is 5.11 Å². The Labute approximate surface area is 207 Å². The summed E-state index contributed by atoms with van der Waals surface area (Å²) in [4.78, 5) is 2.02. The van der Waals surface area contributed by atoms with Gasteiger partial charge in [0.05, 0.1) is 26.8 Å². The smallest absolute Gasteiger partial charge is 0.175 e. The summed E-state index contributed by atoms with van der Waals surface area (Å²) in [5, 5.41) is 15.1. The number of nitrogens with zero attached hydrogens (tertiary/aromatic N) is 2. The lowest BCUT2D eigenvalue weighted by molar-refractivity contribution is 0.0734. The molecule has 0 saturated carbocycles. The SMILES string of the molecule is CCc1cc(-c2cccc(S(C)(=O)=O)c2)sc1-c1cc(C(C)(C)O)nn1-c1cccc(F)c1Cl. The fourth-order valence-corrected chi connectivity index (χ4v) is 5.73. The molecule has 0 unspecified atom stereocenters. The second kappa shape index (κ2) is 8.92. The molecule has 0 amide bonds. The fourth-order valence-electron chi connectivity index (χ4n) is 3.61. The first-order chi connectivity index (χ1) is 15.9. The van der Waals surface area contributed by atoms with Crippen molar-refractivity contribution in [3.05, 3.63) is 76.7 Å². The molecule has 0 bridgehead atoms. The Morgan fingerprint density at radius 3 is 2.50 bits per heavy atom. The summed E-state index contributed by atoms with van der Waals surface area (Å²) in [5.41, 5.74) is 2.02. The predicted octanol–water partition coefficient (Wildman–Crippen LogP) is 6.25. The van der Waals surface area contributed by atoms with Gasteiger partial charge in [-0.3, -0.25) is 0 Å². The minimum absolute atomic E-state index is 0.0650. The highest BCUT2D eigenvalue weighted by Crippen LogP contribution is 2.41. The van der Waals surface area contributed by atoms with E-state index >= 15 is 0 Å². The fraction of sp³-hybridized carbons (Fsp3) is 0.240. The normalized spacial score (nSPS) is 12.3. The molecule has 1 N–H and O–H groups in total. The van der Waals surface area contributed by atoms with Gasteiger partial charge >= 0.3 is 0 Å². The van der Waals surface area contributed by atoms with Crippen LogP contribution in [0.3, 0.4) is 0 Å². The molecule has 0 aliphatic carbocycles. The molecule has 0 spiro atoms. The highest BCUT2D eigenvalue weighted by atomic mass is 35.5. The average Bonchev–Trinajstić information content (AvgIpc) is 3.39. The maximum Gasteiger partial charge on any atom is 0.175 e. The van der Waals surface area contributed by atoms with Crippen LogP contribution in [0.2, 0.25) is 5.02 Å². The minimum Gasteiger partial charge on any atom is -0.384 e. The van der Waals surface area contributed by atoms with E-state index in [1.54, 1.807) is 54.9 Å². The molecule has 5 nitrogen and oxygen atoms in total. The first kappa shape index (κ1) is 24.6. The summed E-state index contributed by atoms with van der Waals surface area (Å²) >= 11 is 7.77. The number of aromatic nitrogens is 2. The first-order valence-electron chi connectivity index (χ1n) is 10.6. The zero-order chi connectivity index (χ0) is 24.8. The summed E-state index contributed by atoms with van der Waals surface area (Å²) < 4.78 is 39.9. The Kier molecular flexibility index (Phi) is 6.46. The molecular weight excluding hydrogens is 495 g/mol. The van der Waals surface area contributed by atoms with E-state index in [9.17, 15) is 17.9 Å². The van der Waals surface area contributed by atoms with Gasteiger partial charge in [0.25, 0.3) is 0 Å². The van der Waals surface area contributed by atoms with Crippen molar-refractivity contribution in [3.63, 3.8) is 0 Å². The van der Waals surface area contributed by atoms with Gasteiger partial charge in [-0.05, 0) is 67.8 Å². The molecule has 0 aliphatic rings. The van der Waals surface area contributed by atoms with E-state index < -0.39 is 21.3 Å². The number of aliphatic hydroxyl groups is 1. The standard InChI is InChI=1S/C25H24ClFN2O3S2/c1-5-15-13-21(16-8-6-9-17(12-16)34(4,31)32)33-24(15)20-14-22(25(2,3)30)28-29(20)19-11-7-10-18(27)23(19)26/h6-14,30H,5H2,1-4H3. The molecule has 34 heavy (non-hydrogen) atoms. The number of hydrogen-bond donors (Lipinski definition) is 1. The second-order valence-corrected chi connectivity index (χ2v) is 12.0. The van der Waals surface area contributed by atoms with E-state index in [1.807, 2.05) is 19.1 Å². The van der Waals surface area contributed by atoms with E-state index in [0.29, 0.717) is 23.5 Å². The first-order valence-corrected chi connectivity index (χ1v) is 13.7. The summed E-state index contributed by atoms with van der Waals surface area (Å²) in [6.45, 7) is 5.29. The minimum atomic E-state index is -3.35. The van der Waals surface area contributed by atoms with Crippen LogP contribution < -0.4 is 0 Å². The van der Waals surface area contributed by atoms with E-state index in [1.165, 1.54) is 23.7 Å². The lowest BCUT2D eigenvalue weighted by atomic mass is 10.0. The second-order valence-electron chi connectivity index (χ2n) is 8.58. The van der Waals surface area contributed by atoms with Gasteiger partial charge in [0, 0.05) is 11.1 Å². The topological polar surface area (TPSA) is 72.2 Å². The average molecular weight is 519 g/mol. The quantitative estimate of drug-likeness (QED) is 0.327. The highest BCUT2D eigenvalue weighted by Gasteiger charge is 2.26. The molecule has 9 heteroatoms. The summed E-state index contributed by atoms with van der Waals surface area (Å²) in [6, 6.07) is 15.1. The summed E-state index contributed by atoms with van der Waals surface area (Å²) in [5.74, 6) is -0.564. The maximum atomic E-state index is 14.3. The zero-order valence-corrected chi connectivity index (χ0v) is 21.5. The van der Waals surface area contributed by atoms with E-state index in [4.69, 9.17) is 11.6 Å². The van der Waals surface area contributed by atoms with E-state index in [0.717, 1.165) is 20.9 Å². The molecule has 0 saturated heterocycles. The summed E-state index contributed by atoms with van der Waals surface area (Å²) in [7, 11) is -3.35. The molecule has 0 fully saturated rings. The molecule has 178 valence electrons. The van der Waals surface area contributed by atoms with Crippen LogP contribution in [0.15, 0.2) is 59.5 Å². The Morgan fingerprint density at radius 2 is 1.85 bits per heavy atom. The van der Waals surface area contributed by atoms with Crippen molar-refractivity contribution in [1.29, 1.82) is 0 Å². The number of sulfone groups is 1. The Balaban J connectivity index is 1.94. The molecule has 0 radical (unpaired) electrons. The molecule has 2 aromatic carbocycles. The third-order valence-corrected chi connectivity index (χ3v) is 8.20. The van der Waals surface area contributed by atoms with Crippen LogP contribution in [0.4, 0.5) is 4.39 Å². The van der Waals surface area contributed by atoms with Gasteiger partial charge in [-0.1, -0.05) is 36.7 Å². The van der Waals surface area contributed by atoms with Gasteiger partial charge in [-0.25, -0.2) is 17.5 Å².